The second-order valence-corrected chi connectivity index (χ2v) is 9.75. The van der Waals surface area contributed by atoms with Crippen LogP contribution < -0.4 is 10.2 Å². The lowest BCUT2D eigenvalue weighted by Crippen LogP contribution is -2.34. The minimum absolute atomic E-state index is 0.196. The Hall–Kier alpha value is -2.38. The lowest BCUT2D eigenvalue weighted by molar-refractivity contribution is 0.0954. The number of nitrogens with zero attached hydrogens (tertiary/aromatic N) is 2. The molecule has 1 aliphatic rings. The van der Waals surface area contributed by atoms with Gasteiger partial charge >= 0.3 is 0 Å². The van der Waals surface area contributed by atoms with Crippen LogP contribution in [-0.2, 0) is 10.0 Å². The highest BCUT2D eigenvalue weighted by Crippen LogP contribution is 2.22. The molecule has 2 aromatic carbocycles. The van der Waals surface area contributed by atoms with Crippen molar-refractivity contribution in [2.45, 2.75) is 37.5 Å². The molecule has 0 aromatic heterocycles. The number of aryl methyl sites for hydroxylation is 1. The molecule has 6 nitrogen and oxygen atoms in total. The number of carbonyl (C=O) groups excluding carboxylic acids is 1. The average Bonchev–Trinajstić information content (AvgIpc) is 3.04. The smallest absolute Gasteiger partial charge is 0.251 e. The van der Waals surface area contributed by atoms with Crippen molar-refractivity contribution in [3.05, 3.63) is 59.7 Å². The molecule has 1 fully saturated rings. The molecule has 3 rings (SSSR count). The zero-order chi connectivity index (χ0) is 21.6. The maximum Gasteiger partial charge on any atom is 0.251 e. The van der Waals surface area contributed by atoms with Gasteiger partial charge in [0.2, 0.25) is 10.0 Å². The summed E-state index contributed by atoms with van der Waals surface area (Å²) in [5, 5.41) is 2.92. The van der Waals surface area contributed by atoms with Gasteiger partial charge < -0.3 is 10.2 Å². The monoisotopic (exact) mass is 429 g/mol. The van der Waals surface area contributed by atoms with Crippen LogP contribution in [0.5, 0.6) is 0 Å². The van der Waals surface area contributed by atoms with Gasteiger partial charge in [-0.25, -0.2) is 8.42 Å². The molecule has 7 heteroatoms. The number of hydrogen-bond donors (Lipinski definition) is 1. The van der Waals surface area contributed by atoms with Crippen molar-refractivity contribution in [1.29, 1.82) is 0 Å². The van der Waals surface area contributed by atoms with E-state index in [9.17, 15) is 13.2 Å². The van der Waals surface area contributed by atoms with Crippen molar-refractivity contribution in [2.75, 3.05) is 38.1 Å². The molecule has 1 N–H and O–H groups in total. The number of benzene rings is 2. The van der Waals surface area contributed by atoms with E-state index < -0.39 is 10.0 Å². The van der Waals surface area contributed by atoms with Gasteiger partial charge in [-0.15, -0.1) is 0 Å². The first-order chi connectivity index (χ1) is 14.4. The predicted octanol–water partition coefficient (Wildman–Crippen LogP) is 3.43. The highest BCUT2D eigenvalue weighted by atomic mass is 32.2. The van der Waals surface area contributed by atoms with Crippen LogP contribution in [0.15, 0.2) is 53.4 Å². The first-order valence-corrected chi connectivity index (χ1v) is 12.0. The van der Waals surface area contributed by atoms with Gasteiger partial charge in [-0.05, 0) is 49.6 Å². The van der Waals surface area contributed by atoms with E-state index in [1.807, 2.05) is 44.3 Å². The zero-order valence-corrected chi connectivity index (χ0v) is 18.6. The quantitative estimate of drug-likeness (QED) is 0.732. The predicted molar refractivity (Wildman–Crippen MR) is 120 cm³/mol. The third-order valence-electron chi connectivity index (χ3n) is 5.59. The summed E-state index contributed by atoms with van der Waals surface area (Å²) in [4.78, 5) is 15.0. The van der Waals surface area contributed by atoms with E-state index in [0.717, 1.165) is 36.9 Å². The third kappa shape index (κ3) is 5.40. The van der Waals surface area contributed by atoms with E-state index in [0.29, 0.717) is 31.7 Å². The Bertz CT molecular complexity index is 953. The number of para-hydroxylation sites is 1. The van der Waals surface area contributed by atoms with Gasteiger partial charge in [0.15, 0.2) is 0 Å². The molecule has 162 valence electrons. The topological polar surface area (TPSA) is 69.7 Å². The number of likely N-dealkylation sites (N-methyl/N-ethyl adjacent to an activating group) is 1. The molecule has 1 saturated heterocycles. The Morgan fingerprint density at radius 3 is 2.37 bits per heavy atom. The summed E-state index contributed by atoms with van der Waals surface area (Å²) >= 11 is 0. The van der Waals surface area contributed by atoms with E-state index >= 15 is 0 Å². The lowest BCUT2D eigenvalue weighted by Gasteiger charge is -2.21. The van der Waals surface area contributed by atoms with Gasteiger partial charge in [0.1, 0.15) is 0 Å². The van der Waals surface area contributed by atoms with Crippen LogP contribution >= 0.6 is 0 Å². The van der Waals surface area contributed by atoms with E-state index in [-0.39, 0.29) is 10.8 Å². The number of amides is 1. The SMILES string of the molecule is Cc1ccc(S(=O)(=O)N2CCCCCC2)cc1C(=O)NCCN(C)c1ccccc1. The largest absolute Gasteiger partial charge is 0.373 e. The van der Waals surface area contributed by atoms with Gasteiger partial charge in [-0.1, -0.05) is 37.1 Å². The van der Waals surface area contributed by atoms with Gasteiger partial charge in [-0.2, -0.15) is 4.31 Å². The number of rotatable bonds is 7. The molecule has 0 bridgehead atoms. The van der Waals surface area contributed by atoms with Crippen molar-refractivity contribution in [3.8, 4) is 0 Å². The highest BCUT2D eigenvalue weighted by molar-refractivity contribution is 7.89. The van der Waals surface area contributed by atoms with E-state index in [1.54, 1.807) is 16.4 Å². The van der Waals surface area contributed by atoms with Crippen LogP contribution in [-0.4, -0.2) is 51.9 Å². The van der Waals surface area contributed by atoms with Gasteiger partial charge in [0.05, 0.1) is 4.90 Å². The minimum atomic E-state index is -3.58. The number of sulfonamides is 1. The molecular formula is C23H31N3O3S. The molecule has 0 saturated carbocycles. The van der Waals surface area contributed by atoms with Crippen LogP contribution in [0.4, 0.5) is 5.69 Å². The molecule has 0 aliphatic carbocycles. The van der Waals surface area contributed by atoms with Gasteiger partial charge in [0.25, 0.3) is 5.91 Å². The highest BCUT2D eigenvalue weighted by Gasteiger charge is 2.26. The van der Waals surface area contributed by atoms with Crippen molar-refractivity contribution >= 4 is 21.6 Å². The second-order valence-electron chi connectivity index (χ2n) is 7.81. The summed E-state index contributed by atoms with van der Waals surface area (Å²) < 4.78 is 27.7. The molecule has 1 amide bonds. The number of carbonyl (C=O) groups is 1. The standard InChI is InChI=1S/C23H31N3O3S/c1-19-12-13-21(30(28,29)26-15-8-3-4-9-16-26)18-22(19)23(27)24-14-17-25(2)20-10-6-5-7-11-20/h5-7,10-13,18H,3-4,8-9,14-17H2,1-2H3,(H,24,27). The van der Waals surface area contributed by atoms with Crippen molar-refractivity contribution < 1.29 is 13.2 Å². The molecule has 2 aromatic rings. The number of hydrogen-bond acceptors (Lipinski definition) is 4. The average molecular weight is 430 g/mol. The van der Waals surface area contributed by atoms with Crippen LogP contribution in [0.25, 0.3) is 0 Å². The maximum atomic E-state index is 13.1. The molecule has 0 unspecified atom stereocenters. The first kappa shape index (κ1) is 22.3. The molecule has 1 heterocycles. The molecule has 1 aliphatic heterocycles. The Morgan fingerprint density at radius 2 is 1.70 bits per heavy atom. The fourth-order valence-corrected chi connectivity index (χ4v) is 5.23. The Labute approximate surface area is 179 Å². The third-order valence-corrected chi connectivity index (χ3v) is 7.48. The van der Waals surface area contributed by atoms with Crippen molar-refractivity contribution in [1.82, 2.24) is 9.62 Å². The summed E-state index contributed by atoms with van der Waals surface area (Å²) in [6.07, 6.45) is 3.89. The van der Waals surface area contributed by atoms with Crippen molar-refractivity contribution in [3.63, 3.8) is 0 Å². The van der Waals surface area contributed by atoms with Gasteiger partial charge in [-0.3, -0.25) is 4.79 Å². The summed E-state index contributed by atoms with van der Waals surface area (Å²) in [6, 6.07) is 14.8. The summed E-state index contributed by atoms with van der Waals surface area (Å²) in [5.41, 5.74) is 2.25. The molecule has 0 radical (unpaired) electrons. The van der Waals surface area contributed by atoms with Crippen LogP contribution in [0, 0.1) is 6.92 Å². The molecule has 30 heavy (non-hydrogen) atoms. The summed E-state index contributed by atoms with van der Waals surface area (Å²) in [6.45, 7) is 4.04. The summed E-state index contributed by atoms with van der Waals surface area (Å²) in [7, 11) is -1.61. The zero-order valence-electron chi connectivity index (χ0n) is 17.8. The number of nitrogens with one attached hydrogen (secondary N) is 1. The normalized spacial score (nSPS) is 15.4. The maximum absolute atomic E-state index is 13.1. The molecule has 0 spiro atoms. The minimum Gasteiger partial charge on any atom is -0.373 e. The van der Waals surface area contributed by atoms with Crippen molar-refractivity contribution in [2.24, 2.45) is 0 Å². The first-order valence-electron chi connectivity index (χ1n) is 10.5. The molecule has 0 atom stereocenters. The van der Waals surface area contributed by atoms with Gasteiger partial charge in [0, 0.05) is 44.5 Å². The van der Waals surface area contributed by atoms with Crippen LogP contribution in [0.3, 0.4) is 0 Å². The summed E-state index contributed by atoms with van der Waals surface area (Å²) in [5.74, 6) is -0.248. The Kier molecular flexibility index (Phi) is 7.50. The lowest BCUT2D eigenvalue weighted by atomic mass is 10.1. The van der Waals surface area contributed by atoms with E-state index in [1.165, 1.54) is 6.07 Å². The Balaban J connectivity index is 1.67. The second kappa shape index (κ2) is 10.1. The Morgan fingerprint density at radius 1 is 1.03 bits per heavy atom. The van der Waals surface area contributed by atoms with E-state index in [4.69, 9.17) is 0 Å². The molecular weight excluding hydrogens is 398 g/mol. The fourth-order valence-electron chi connectivity index (χ4n) is 3.68. The number of anilines is 1. The fraction of sp³-hybridized carbons (Fsp3) is 0.435. The van der Waals surface area contributed by atoms with Crippen LogP contribution in [0.2, 0.25) is 0 Å². The van der Waals surface area contributed by atoms with Crippen LogP contribution in [0.1, 0.15) is 41.6 Å². The van der Waals surface area contributed by atoms with E-state index in [2.05, 4.69) is 10.2 Å².